The van der Waals surface area contributed by atoms with E-state index in [0.29, 0.717) is 10.0 Å². The highest BCUT2D eigenvalue weighted by Gasteiger charge is 2.29. The molecule has 1 saturated heterocycles. The van der Waals surface area contributed by atoms with E-state index in [4.69, 9.17) is 16.9 Å². The first-order valence-corrected chi connectivity index (χ1v) is 5.89. The number of halogens is 1. The van der Waals surface area contributed by atoms with Gasteiger partial charge >= 0.3 is 0 Å². The Bertz CT molecular complexity index is 467. The topological polar surface area (TPSA) is 69.0 Å². The van der Waals surface area contributed by atoms with Gasteiger partial charge in [-0.1, -0.05) is 22.9 Å². The van der Waals surface area contributed by atoms with E-state index in [-0.39, 0.29) is 17.1 Å². The molecule has 1 unspecified atom stereocenters. The molecule has 2 heterocycles. The summed E-state index contributed by atoms with van der Waals surface area (Å²) >= 11 is 6.90. The summed E-state index contributed by atoms with van der Waals surface area (Å²) in [5.74, 6) is 0.0461. The van der Waals surface area contributed by atoms with Crippen molar-refractivity contribution in [2.45, 2.75) is 12.5 Å². The fourth-order valence-electron chi connectivity index (χ4n) is 1.54. The van der Waals surface area contributed by atoms with E-state index in [0.717, 1.165) is 24.3 Å². The summed E-state index contributed by atoms with van der Waals surface area (Å²) in [7, 11) is 1.76. The number of rotatable bonds is 2. The number of anilines is 1. The second kappa shape index (κ2) is 4.28. The number of hydrogen-bond acceptors (Lipinski definition) is 5. The van der Waals surface area contributed by atoms with Crippen LogP contribution in [0.15, 0.2) is 0 Å². The van der Waals surface area contributed by atoms with E-state index in [1.54, 1.807) is 11.9 Å². The summed E-state index contributed by atoms with van der Waals surface area (Å²) in [6, 6.07) is 1.70. The number of aromatic nitrogens is 1. The third-order valence-corrected chi connectivity index (χ3v) is 3.69. The van der Waals surface area contributed by atoms with E-state index in [1.807, 2.05) is 6.07 Å². The standard InChI is InChI=1S/C9H9ClN4OS/c1-14-3-2-5(8(14)15)12-9-13-7(10)6(4-11)16-9/h5H,2-3H2,1H3,(H,12,13). The highest BCUT2D eigenvalue weighted by atomic mass is 35.5. The number of nitriles is 1. The number of nitrogens with one attached hydrogen (secondary N) is 1. The highest BCUT2D eigenvalue weighted by molar-refractivity contribution is 7.16. The summed E-state index contributed by atoms with van der Waals surface area (Å²) < 4.78 is 0. The van der Waals surface area contributed by atoms with Crippen molar-refractivity contribution >= 4 is 34.0 Å². The third kappa shape index (κ3) is 1.96. The number of nitrogens with zero attached hydrogens (tertiary/aromatic N) is 3. The van der Waals surface area contributed by atoms with Gasteiger partial charge in [-0.05, 0) is 6.42 Å². The Labute approximate surface area is 102 Å². The normalized spacial score (nSPS) is 19.9. The molecule has 16 heavy (non-hydrogen) atoms. The van der Waals surface area contributed by atoms with Crippen LogP contribution in [0.25, 0.3) is 0 Å². The van der Waals surface area contributed by atoms with Crippen LogP contribution in [0.3, 0.4) is 0 Å². The minimum Gasteiger partial charge on any atom is -0.350 e. The summed E-state index contributed by atoms with van der Waals surface area (Å²) in [6.07, 6.45) is 0.744. The molecule has 84 valence electrons. The van der Waals surface area contributed by atoms with Crippen molar-refractivity contribution in [2.24, 2.45) is 0 Å². The highest BCUT2D eigenvalue weighted by Crippen LogP contribution is 2.27. The van der Waals surface area contributed by atoms with Crippen LogP contribution >= 0.6 is 22.9 Å². The van der Waals surface area contributed by atoms with Gasteiger partial charge in [0.1, 0.15) is 17.0 Å². The summed E-state index contributed by atoms with van der Waals surface area (Å²) in [4.78, 5) is 17.6. The molecule has 0 aromatic carbocycles. The molecule has 1 amide bonds. The third-order valence-electron chi connectivity index (χ3n) is 2.41. The molecular formula is C9H9ClN4OS. The number of carbonyl (C=O) groups excluding carboxylic acids is 1. The molecule has 0 radical (unpaired) electrons. The molecule has 1 aliphatic heterocycles. The maximum atomic E-state index is 11.6. The average Bonchev–Trinajstić information content (AvgIpc) is 2.76. The Kier molecular flexibility index (Phi) is 2.99. The molecule has 5 nitrogen and oxygen atoms in total. The maximum Gasteiger partial charge on any atom is 0.244 e. The number of amides is 1. The van der Waals surface area contributed by atoms with Crippen molar-refractivity contribution in [3.8, 4) is 6.07 Å². The Morgan fingerprint density at radius 1 is 1.75 bits per heavy atom. The van der Waals surface area contributed by atoms with Crippen LogP contribution in [0.4, 0.5) is 5.13 Å². The lowest BCUT2D eigenvalue weighted by atomic mass is 10.2. The SMILES string of the molecule is CN1CCC(Nc2nc(Cl)c(C#N)s2)C1=O. The first-order valence-electron chi connectivity index (χ1n) is 4.69. The minimum atomic E-state index is -0.251. The molecular weight excluding hydrogens is 248 g/mol. The first-order chi connectivity index (χ1) is 7.61. The zero-order chi connectivity index (χ0) is 11.7. The van der Waals surface area contributed by atoms with Crippen LogP contribution in [0.2, 0.25) is 5.15 Å². The van der Waals surface area contributed by atoms with Gasteiger partial charge in [0.25, 0.3) is 0 Å². The lowest BCUT2D eigenvalue weighted by molar-refractivity contribution is -0.127. The largest absolute Gasteiger partial charge is 0.350 e. The van der Waals surface area contributed by atoms with E-state index < -0.39 is 0 Å². The van der Waals surface area contributed by atoms with Gasteiger partial charge in [0.15, 0.2) is 10.3 Å². The molecule has 1 aromatic heterocycles. The van der Waals surface area contributed by atoms with Gasteiger partial charge in [0.05, 0.1) is 0 Å². The fourth-order valence-corrected chi connectivity index (χ4v) is 2.54. The van der Waals surface area contributed by atoms with Crippen LogP contribution in [0.5, 0.6) is 0 Å². The Balaban J connectivity index is 2.10. The maximum absolute atomic E-state index is 11.6. The van der Waals surface area contributed by atoms with Crippen LogP contribution in [-0.4, -0.2) is 35.4 Å². The summed E-state index contributed by atoms with van der Waals surface area (Å²) in [6.45, 7) is 0.737. The van der Waals surface area contributed by atoms with Crippen LogP contribution in [0, 0.1) is 11.3 Å². The molecule has 1 aromatic rings. The van der Waals surface area contributed by atoms with Gasteiger partial charge in [-0.2, -0.15) is 5.26 Å². The Hall–Kier alpha value is -1.32. The molecule has 1 atom stereocenters. The van der Waals surface area contributed by atoms with Gasteiger partial charge in [0.2, 0.25) is 5.91 Å². The predicted octanol–water partition coefficient (Wildman–Crippen LogP) is 1.31. The fraction of sp³-hybridized carbons (Fsp3) is 0.444. The van der Waals surface area contributed by atoms with Gasteiger partial charge in [0, 0.05) is 13.6 Å². The van der Waals surface area contributed by atoms with E-state index in [9.17, 15) is 4.79 Å². The molecule has 0 bridgehead atoms. The lowest BCUT2D eigenvalue weighted by Gasteiger charge is -2.10. The van der Waals surface area contributed by atoms with Crippen LogP contribution in [0.1, 0.15) is 11.3 Å². The van der Waals surface area contributed by atoms with Gasteiger partial charge in [-0.25, -0.2) is 4.98 Å². The zero-order valence-electron chi connectivity index (χ0n) is 8.53. The number of likely N-dealkylation sites (N-methyl/N-ethyl adjacent to an activating group) is 1. The number of thiazole rings is 1. The number of carbonyl (C=O) groups is 1. The average molecular weight is 257 g/mol. The van der Waals surface area contributed by atoms with Crippen molar-refractivity contribution < 1.29 is 4.79 Å². The van der Waals surface area contributed by atoms with Gasteiger partial charge < -0.3 is 10.2 Å². The first kappa shape index (κ1) is 11.2. The van der Waals surface area contributed by atoms with E-state index >= 15 is 0 Å². The monoisotopic (exact) mass is 256 g/mol. The number of likely N-dealkylation sites (tertiary alicyclic amines) is 1. The van der Waals surface area contributed by atoms with Crippen molar-refractivity contribution in [1.29, 1.82) is 5.26 Å². The van der Waals surface area contributed by atoms with Gasteiger partial charge in [-0.15, -0.1) is 0 Å². The van der Waals surface area contributed by atoms with Gasteiger partial charge in [-0.3, -0.25) is 4.79 Å². The number of hydrogen-bond donors (Lipinski definition) is 1. The summed E-state index contributed by atoms with van der Waals surface area (Å²) in [5, 5.41) is 12.4. The quantitative estimate of drug-likeness (QED) is 0.866. The van der Waals surface area contributed by atoms with Crippen molar-refractivity contribution in [3.63, 3.8) is 0 Å². The zero-order valence-corrected chi connectivity index (χ0v) is 10.1. The molecule has 1 fully saturated rings. The molecule has 0 aliphatic carbocycles. The van der Waals surface area contributed by atoms with Crippen molar-refractivity contribution in [2.75, 3.05) is 18.9 Å². The van der Waals surface area contributed by atoms with Crippen LogP contribution in [-0.2, 0) is 4.79 Å². The predicted molar refractivity (Wildman–Crippen MR) is 61.5 cm³/mol. The van der Waals surface area contributed by atoms with E-state index in [2.05, 4.69) is 10.3 Å². The Morgan fingerprint density at radius 3 is 3.00 bits per heavy atom. The lowest BCUT2D eigenvalue weighted by Crippen LogP contribution is -2.30. The Morgan fingerprint density at radius 2 is 2.50 bits per heavy atom. The second-order valence-electron chi connectivity index (χ2n) is 3.50. The molecule has 1 aliphatic rings. The summed E-state index contributed by atoms with van der Waals surface area (Å²) in [5.41, 5.74) is 0. The molecule has 7 heteroatoms. The van der Waals surface area contributed by atoms with Crippen molar-refractivity contribution in [1.82, 2.24) is 9.88 Å². The molecule has 2 rings (SSSR count). The molecule has 1 N–H and O–H groups in total. The molecule has 0 spiro atoms. The second-order valence-corrected chi connectivity index (χ2v) is 4.85. The minimum absolute atomic E-state index is 0.0461. The van der Waals surface area contributed by atoms with Crippen molar-refractivity contribution in [3.05, 3.63) is 10.0 Å². The van der Waals surface area contributed by atoms with E-state index in [1.165, 1.54) is 0 Å². The van der Waals surface area contributed by atoms with Crippen LogP contribution < -0.4 is 5.32 Å². The smallest absolute Gasteiger partial charge is 0.244 e. The molecule has 0 saturated carbocycles.